The number of nitrogens with zero attached hydrogens (tertiary/aromatic N) is 4. The molecular formula is C23H29BrN4O4. The normalized spacial score (nSPS) is 17.3. The van der Waals surface area contributed by atoms with Crippen molar-refractivity contribution in [2.45, 2.75) is 59.2 Å². The summed E-state index contributed by atoms with van der Waals surface area (Å²) in [5.74, 6) is 0.700. The fourth-order valence-corrected chi connectivity index (χ4v) is 3.66. The van der Waals surface area contributed by atoms with Crippen LogP contribution >= 0.6 is 15.9 Å². The van der Waals surface area contributed by atoms with Gasteiger partial charge in [0, 0.05) is 10.7 Å². The van der Waals surface area contributed by atoms with Crippen molar-refractivity contribution in [3.8, 4) is 0 Å². The lowest BCUT2D eigenvalue weighted by atomic mass is 10.0. The average Bonchev–Trinajstić information content (AvgIpc) is 3.09. The molecule has 2 atom stereocenters. The summed E-state index contributed by atoms with van der Waals surface area (Å²) < 4.78 is 11.8. The molecule has 32 heavy (non-hydrogen) atoms. The van der Waals surface area contributed by atoms with Crippen molar-refractivity contribution in [1.82, 2.24) is 9.97 Å². The van der Waals surface area contributed by atoms with Crippen LogP contribution < -0.4 is 9.80 Å². The molecule has 0 N–H and O–H groups in total. The van der Waals surface area contributed by atoms with Gasteiger partial charge in [-0.1, -0.05) is 41.9 Å². The summed E-state index contributed by atoms with van der Waals surface area (Å²) in [6.45, 7) is 11.6. The number of hydrogen-bond donors (Lipinski definition) is 0. The van der Waals surface area contributed by atoms with E-state index in [1.165, 1.54) is 16.0 Å². The van der Waals surface area contributed by atoms with E-state index >= 15 is 0 Å². The van der Waals surface area contributed by atoms with Gasteiger partial charge in [0.25, 0.3) is 0 Å². The van der Waals surface area contributed by atoms with Gasteiger partial charge in [-0.3, -0.25) is 4.90 Å². The zero-order valence-electron chi connectivity index (χ0n) is 19.2. The van der Waals surface area contributed by atoms with Crippen LogP contribution in [0.25, 0.3) is 0 Å². The van der Waals surface area contributed by atoms with E-state index in [2.05, 4.69) is 25.9 Å². The van der Waals surface area contributed by atoms with Gasteiger partial charge in [-0.15, -0.1) is 0 Å². The van der Waals surface area contributed by atoms with Crippen molar-refractivity contribution in [1.29, 1.82) is 0 Å². The summed E-state index contributed by atoms with van der Waals surface area (Å²) in [6, 6.07) is 8.73. The van der Waals surface area contributed by atoms with Crippen LogP contribution in [0.3, 0.4) is 0 Å². The number of rotatable bonds is 5. The van der Waals surface area contributed by atoms with Crippen molar-refractivity contribution < 1.29 is 19.1 Å². The highest BCUT2D eigenvalue weighted by Crippen LogP contribution is 2.31. The Morgan fingerprint density at radius 1 is 1.22 bits per heavy atom. The van der Waals surface area contributed by atoms with Gasteiger partial charge in [0.05, 0.1) is 12.1 Å². The van der Waals surface area contributed by atoms with Gasteiger partial charge < -0.3 is 9.47 Å². The number of carbonyl (C=O) groups is 2. The molecule has 0 aliphatic carbocycles. The third kappa shape index (κ3) is 5.38. The highest BCUT2D eigenvalue weighted by molar-refractivity contribution is 9.10. The number of cyclic esters (lactones) is 1. The molecule has 0 spiro atoms. The molecule has 3 rings (SSSR count). The first-order chi connectivity index (χ1) is 15.0. The molecule has 0 bridgehead atoms. The molecule has 1 aliphatic rings. The second-order valence-corrected chi connectivity index (χ2v) is 9.97. The first-order valence-corrected chi connectivity index (χ1v) is 11.3. The molecular weight excluding hydrogens is 476 g/mol. The second kappa shape index (κ2) is 9.44. The Kier molecular flexibility index (Phi) is 7.07. The Bertz CT molecular complexity index is 975. The summed E-state index contributed by atoms with van der Waals surface area (Å²) >= 11 is 3.44. The Labute approximate surface area is 197 Å². The molecule has 0 unspecified atom stereocenters. The van der Waals surface area contributed by atoms with Crippen LogP contribution in [-0.4, -0.2) is 40.4 Å². The fourth-order valence-electron chi connectivity index (χ4n) is 3.39. The zero-order chi connectivity index (χ0) is 23.6. The maximum atomic E-state index is 13.2. The Morgan fingerprint density at radius 3 is 2.47 bits per heavy atom. The molecule has 2 amide bonds. The zero-order valence-corrected chi connectivity index (χ0v) is 20.8. The molecule has 0 radical (unpaired) electrons. The summed E-state index contributed by atoms with van der Waals surface area (Å²) in [4.78, 5) is 37.5. The minimum atomic E-state index is -0.701. The van der Waals surface area contributed by atoms with Crippen LogP contribution in [0.5, 0.6) is 0 Å². The number of carbonyl (C=O) groups excluding carboxylic acids is 2. The lowest BCUT2D eigenvalue weighted by Gasteiger charge is -2.31. The third-order valence-electron chi connectivity index (χ3n) is 5.10. The van der Waals surface area contributed by atoms with Gasteiger partial charge in [0.1, 0.15) is 18.0 Å². The van der Waals surface area contributed by atoms with Crippen molar-refractivity contribution >= 4 is 39.9 Å². The lowest BCUT2D eigenvalue weighted by Crippen LogP contribution is -2.41. The summed E-state index contributed by atoms with van der Waals surface area (Å²) in [7, 11) is 0. The predicted molar refractivity (Wildman–Crippen MR) is 126 cm³/mol. The van der Waals surface area contributed by atoms with E-state index in [9.17, 15) is 9.59 Å². The van der Waals surface area contributed by atoms with Gasteiger partial charge in [-0.2, -0.15) is 4.98 Å². The van der Waals surface area contributed by atoms with Crippen LogP contribution in [0, 0.1) is 5.92 Å². The SMILES string of the molecule is CC(C)[C@H]1COC(=O)N1c1ccnc(N(C(=O)OC(C)(C)C)[C@@H](C)c2ccc(Br)cc2)n1. The molecule has 172 valence electrons. The first-order valence-electron chi connectivity index (χ1n) is 10.5. The van der Waals surface area contributed by atoms with Crippen molar-refractivity contribution in [2.24, 2.45) is 5.92 Å². The van der Waals surface area contributed by atoms with Crippen LogP contribution in [0.4, 0.5) is 21.4 Å². The molecule has 1 aromatic heterocycles. The van der Waals surface area contributed by atoms with E-state index in [0.717, 1.165) is 10.0 Å². The maximum Gasteiger partial charge on any atom is 0.417 e. The van der Waals surface area contributed by atoms with Crippen LogP contribution in [0.15, 0.2) is 41.0 Å². The average molecular weight is 505 g/mol. The molecule has 1 saturated heterocycles. The number of ether oxygens (including phenoxy) is 2. The van der Waals surface area contributed by atoms with Crippen molar-refractivity contribution in [2.75, 3.05) is 16.4 Å². The number of halogens is 1. The minimum absolute atomic E-state index is 0.148. The largest absolute Gasteiger partial charge is 0.447 e. The number of aromatic nitrogens is 2. The molecule has 9 heteroatoms. The fraction of sp³-hybridized carbons (Fsp3) is 0.478. The van der Waals surface area contributed by atoms with E-state index in [4.69, 9.17) is 9.47 Å². The molecule has 8 nitrogen and oxygen atoms in total. The molecule has 0 saturated carbocycles. The summed E-state index contributed by atoms with van der Waals surface area (Å²) in [5, 5.41) is 0. The van der Waals surface area contributed by atoms with E-state index in [1.54, 1.807) is 26.8 Å². The van der Waals surface area contributed by atoms with Crippen LogP contribution in [0.2, 0.25) is 0 Å². The Hall–Kier alpha value is -2.68. The predicted octanol–water partition coefficient (Wildman–Crippen LogP) is 5.72. The van der Waals surface area contributed by atoms with Gasteiger partial charge >= 0.3 is 12.2 Å². The molecule has 1 aromatic carbocycles. The van der Waals surface area contributed by atoms with E-state index in [-0.39, 0.29) is 17.9 Å². The van der Waals surface area contributed by atoms with Gasteiger partial charge in [0.15, 0.2) is 0 Å². The van der Waals surface area contributed by atoms with Crippen LogP contribution in [0.1, 0.15) is 53.1 Å². The van der Waals surface area contributed by atoms with E-state index in [0.29, 0.717) is 12.4 Å². The quantitative estimate of drug-likeness (QED) is 0.517. The van der Waals surface area contributed by atoms with E-state index in [1.807, 2.05) is 45.0 Å². The minimum Gasteiger partial charge on any atom is -0.447 e. The molecule has 1 aliphatic heterocycles. The van der Waals surface area contributed by atoms with E-state index < -0.39 is 23.8 Å². The number of hydrogen-bond acceptors (Lipinski definition) is 6. The molecule has 2 aromatic rings. The Morgan fingerprint density at radius 2 is 1.88 bits per heavy atom. The molecule has 1 fully saturated rings. The topological polar surface area (TPSA) is 84.9 Å². The van der Waals surface area contributed by atoms with Crippen molar-refractivity contribution in [3.63, 3.8) is 0 Å². The highest BCUT2D eigenvalue weighted by Gasteiger charge is 2.38. The lowest BCUT2D eigenvalue weighted by molar-refractivity contribution is 0.0564. The maximum absolute atomic E-state index is 13.2. The van der Waals surface area contributed by atoms with Gasteiger partial charge in [-0.25, -0.2) is 19.5 Å². The summed E-state index contributed by atoms with van der Waals surface area (Å²) in [5.41, 5.74) is 0.183. The highest BCUT2D eigenvalue weighted by atomic mass is 79.9. The van der Waals surface area contributed by atoms with Gasteiger partial charge in [-0.05, 0) is 57.4 Å². The standard InChI is InChI=1S/C23H29BrN4O4/c1-14(2)18-13-31-21(29)28(18)19-11-12-25-20(26-19)27(22(30)32-23(4,5)6)15(3)16-7-9-17(24)10-8-16/h7-12,14-15,18H,13H2,1-6H3/t15-,18+/m0/s1. The second-order valence-electron chi connectivity index (χ2n) is 9.05. The summed E-state index contributed by atoms with van der Waals surface area (Å²) in [6.07, 6.45) is 0.499. The Balaban J connectivity index is 2.03. The monoisotopic (exact) mass is 504 g/mol. The third-order valence-corrected chi connectivity index (χ3v) is 5.62. The number of amides is 2. The van der Waals surface area contributed by atoms with Gasteiger partial charge in [0.2, 0.25) is 5.95 Å². The molecule has 2 heterocycles. The number of anilines is 2. The van der Waals surface area contributed by atoms with Crippen LogP contribution in [-0.2, 0) is 9.47 Å². The smallest absolute Gasteiger partial charge is 0.417 e. The van der Waals surface area contributed by atoms with Crippen molar-refractivity contribution in [3.05, 3.63) is 46.6 Å². The first kappa shape index (κ1) is 24.0. The number of benzene rings is 1.